The van der Waals surface area contributed by atoms with Crippen LogP contribution in [0, 0.1) is 5.92 Å². The summed E-state index contributed by atoms with van der Waals surface area (Å²) in [7, 11) is 0. The summed E-state index contributed by atoms with van der Waals surface area (Å²) in [5.74, 6) is 0.674. The Labute approximate surface area is 102 Å². The number of nitrogens with zero attached hydrogens (tertiary/aromatic N) is 3. The van der Waals surface area contributed by atoms with Crippen molar-refractivity contribution in [1.82, 2.24) is 14.8 Å². The van der Waals surface area contributed by atoms with E-state index in [1.165, 1.54) is 0 Å². The molecule has 0 N–H and O–H groups in total. The normalized spacial score (nSPS) is 12.8. The number of ether oxygens (including phenoxy) is 1. The van der Waals surface area contributed by atoms with Gasteiger partial charge in [0.05, 0.1) is 6.61 Å². The molecule has 5 heteroatoms. The van der Waals surface area contributed by atoms with Crippen LogP contribution in [-0.4, -0.2) is 27.3 Å². The lowest BCUT2D eigenvalue weighted by Crippen LogP contribution is -2.20. The third kappa shape index (κ3) is 3.54. The minimum Gasteiger partial charge on any atom is -0.465 e. The average molecular weight is 239 g/mol. The Bertz CT molecular complexity index is 360. The van der Waals surface area contributed by atoms with E-state index in [9.17, 15) is 4.79 Å². The summed E-state index contributed by atoms with van der Waals surface area (Å²) in [5.41, 5.74) is 0. The van der Waals surface area contributed by atoms with Gasteiger partial charge < -0.3 is 9.30 Å². The van der Waals surface area contributed by atoms with Gasteiger partial charge in [-0.25, -0.2) is 0 Å². The summed E-state index contributed by atoms with van der Waals surface area (Å²) in [4.78, 5) is 11.8. The van der Waals surface area contributed by atoms with Crippen LogP contribution in [0.2, 0.25) is 0 Å². The highest BCUT2D eigenvalue weighted by Crippen LogP contribution is 2.19. The SMILES string of the molecule is CCOC(=O)C(CC)c1nncn1CC(C)C. The Morgan fingerprint density at radius 2 is 2.18 bits per heavy atom. The van der Waals surface area contributed by atoms with E-state index in [4.69, 9.17) is 4.74 Å². The van der Waals surface area contributed by atoms with Crippen molar-refractivity contribution in [3.8, 4) is 0 Å². The van der Waals surface area contributed by atoms with E-state index in [0.29, 0.717) is 24.8 Å². The fraction of sp³-hybridized carbons (Fsp3) is 0.750. The Hall–Kier alpha value is -1.39. The van der Waals surface area contributed by atoms with Crippen LogP contribution in [0.4, 0.5) is 0 Å². The number of carbonyl (C=O) groups is 1. The van der Waals surface area contributed by atoms with Gasteiger partial charge >= 0.3 is 5.97 Å². The van der Waals surface area contributed by atoms with Crippen molar-refractivity contribution < 1.29 is 9.53 Å². The maximum atomic E-state index is 11.8. The molecular weight excluding hydrogens is 218 g/mol. The first-order valence-corrected chi connectivity index (χ1v) is 6.14. The fourth-order valence-electron chi connectivity index (χ4n) is 1.77. The van der Waals surface area contributed by atoms with Gasteiger partial charge in [-0.1, -0.05) is 20.8 Å². The first kappa shape index (κ1) is 13.7. The van der Waals surface area contributed by atoms with Crippen molar-refractivity contribution in [2.75, 3.05) is 6.61 Å². The number of rotatable bonds is 6. The van der Waals surface area contributed by atoms with Gasteiger partial charge in [0.2, 0.25) is 0 Å². The second-order valence-electron chi connectivity index (χ2n) is 4.45. The summed E-state index contributed by atoms with van der Waals surface area (Å²) < 4.78 is 7.00. The van der Waals surface area contributed by atoms with Gasteiger partial charge in [-0.15, -0.1) is 10.2 Å². The molecule has 1 aromatic heterocycles. The van der Waals surface area contributed by atoms with Crippen LogP contribution in [0.25, 0.3) is 0 Å². The first-order valence-electron chi connectivity index (χ1n) is 6.14. The van der Waals surface area contributed by atoms with Crippen LogP contribution in [0.3, 0.4) is 0 Å². The van der Waals surface area contributed by atoms with E-state index < -0.39 is 0 Å². The summed E-state index contributed by atoms with van der Waals surface area (Å²) >= 11 is 0. The zero-order valence-corrected chi connectivity index (χ0v) is 11.0. The molecule has 0 radical (unpaired) electrons. The molecule has 0 saturated heterocycles. The molecule has 0 fully saturated rings. The predicted octanol–water partition coefficient (Wildman–Crippen LogP) is 1.99. The molecule has 5 nitrogen and oxygen atoms in total. The third-order valence-electron chi connectivity index (χ3n) is 2.50. The van der Waals surface area contributed by atoms with Crippen molar-refractivity contribution in [3.05, 3.63) is 12.2 Å². The standard InChI is InChI=1S/C12H21N3O2/c1-5-10(12(16)17-6-2)11-14-13-8-15(11)7-9(3)4/h8-10H,5-7H2,1-4H3. The molecule has 1 rings (SSSR count). The van der Waals surface area contributed by atoms with Crippen LogP contribution in [0.15, 0.2) is 6.33 Å². The van der Waals surface area contributed by atoms with Gasteiger partial charge in [-0.2, -0.15) is 0 Å². The smallest absolute Gasteiger partial charge is 0.316 e. The largest absolute Gasteiger partial charge is 0.465 e. The zero-order chi connectivity index (χ0) is 12.8. The molecule has 0 bridgehead atoms. The lowest BCUT2D eigenvalue weighted by molar-refractivity contribution is -0.145. The molecule has 0 saturated carbocycles. The van der Waals surface area contributed by atoms with Crippen molar-refractivity contribution in [3.63, 3.8) is 0 Å². The maximum absolute atomic E-state index is 11.8. The van der Waals surface area contributed by atoms with E-state index in [1.807, 2.05) is 18.4 Å². The zero-order valence-electron chi connectivity index (χ0n) is 11.0. The van der Waals surface area contributed by atoms with Crippen LogP contribution < -0.4 is 0 Å². The molecule has 0 amide bonds. The molecule has 96 valence electrons. The van der Waals surface area contributed by atoms with E-state index in [-0.39, 0.29) is 11.9 Å². The molecule has 0 aliphatic carbocycles. The summed E-state index contributed by atoms with van der Waals surface area (Å²) in [6.07, 6.45) is 2.35. The second-order valence-corrected chi connectivity index (χ2v) is 4.45. The van der Waals surface area contributed by atoms with Gasteiger partial charge in [0.15, 0.2) is 0 Å². The van der Waals surface area contributed by atoms with Crippen molar-refractivity contribution in [2.45, 2.75) is 46.6 Å². The monoisotopic (exact) mass is 239 g/mol. The van der Waals surface area contributed by atoms with E-state index in [2.05, 4.69) is 24.0 Å². The van der Waals surface area contributed by atoms with E-state index in [0.717, 1.165) is 6.54 Å². The second kappa shape index (κ2) is 6.37. The first-order chi connectivity index (χ1) is 8.10. The molecule has 1 atom stereocenters. The van der Waals surface area contributed by atoms with Crippen molar-refractivity contribution in [1.29, 1.82) is 0 Å². The molecule has 0 aliphatic heterocycles. The highest BCUT2D eigenvalue weighted by molar-refractivity contribution is 5.76. The molecule has 0 aliphatic rings. The van der Waals surface area contributed by atoms with Gasteiger partial charge in [-0.3, -0.25) is 4.79 Å². The molecule has 1 aromatic rings. The van der Waals surface area contributed by atoms with Crippen LogP contribution >= 0.6 is 0 Å². The van der Waals surface area contributed by atoms with Crippen molar-refractivity contribution in [2.24, 2.45) is 5.92 Å². The molecule has 0 spiro atoms. The van der Waals surface area contributed by atoms with Crippen LogP contribution in [0.5, 0.6) is 0 Å². The topological polar surface area (TPSA) is 57.0 Å². The van der Waals surface area contributed by atoms with Gasteiger partial charge in [-0.05, 0) is 19.3 Å². The minimum atomic E-state index is -0.309. The number of carbonyl (C=O) groups excluding carboxylic acids is 1. The summed E-state index contributed by atoms with van der Waals surface area (Å²) in [6, 6.07) is 0. The predicted molar refractivity (Wildman–Crippen MR) is 64.5 cm³/mol. The van der Waals surface area contributed by atoms with Gasteiger partial charge in [0, 0.05) is 6.54 Å². The van der Waals surface area contributed by atoms with Crippen LogP contribution in [0.1, 0.15) is 45.9 Å². The maximum Gasteiger partial charge on any atom is 0.316 e. The Morgan fingerprint density at radius 3 is 2.71 bits per heavy atom. The quantitative estimate of drug-likeness (QED) is 0.712. The van der Waals surface area contributed by atoms with Crippen LogP contribution in [-0.2, 0) is 16.1 Å². The minimum absolute atomic E-state index is 0.215. The summed E-state index contributed by atoms with van der Waals surface area (Å²) in [5, 5.41) is 7.95. The molecular formula is C12H21N3O2. The fourth-order valence-corrected chi connectivity index (χ4v) is 1.77. The lowest BCUT2D eigenvalue weighted by atomic mass is 10.1. The molecule has 1 heterocycles. The molecule has 1 unspecified atom stereocenters. The van der Waals surface area contributed by atoms with Gasteiger partial charge in [0.25, 0.3) is 0 Å². The average Bonchev–Trinajstić information content (AvgIpc) is 2.67. The van der Waals surface area contributed by atoms with Crippen molar-refractivity contribution >= 4 is 5.97 Å². The number of hydrogen-bond acceptors (Lipinski definition) is 4. The Morgan fingerprint density at radius 1 is 1.47 bits per heavy atom. The van der Waals surface area contributed by atoms with E-state index in [1.54, 1.807) is 6.33 Å². The third-order valence-corrected chi connectivity index (χ3v) is 2.50. The Balaban J connectivity index is 2.88. The summed E-state index contributed by atoms with van der Waals surface area (Å²) in [6.45, 7) is 9.22. The molecule has 0 aromatic carbocycles. The van der Waals surface area contributed by atoms with E-state index >= 15 is 0 Å². The highest BCUT2D eigenvalue weighted by atomic mass is 16.5. The number of aromatic nitrogens is 3. The van der Waals surface area contributed by atoms with Gasteiger partial charge in [0.1, 0.15) is 18.1 Å². The molecule has 17 heavy (non-hydrogen) atoms. The Kier molecular flexibility index (Phi) is 5.12. The lowest BCUT2D eigenvalue weighted by Gasteiger charge is -2.15. The highest BCUT2D eigenvalue weighted by Gasteiger charge is 2.25. The number of hydrogen-bond donors (Lipinski definition) is 0. The number of esters is 1.